The smallest absolute Gasteiger partial charge is 0.171 e. The summed E-state index contributed by atoms with van der Waals surface area (Å²) in [4.78, 5) is 6.89. The third kappa shape index (κ3) is 1.80. The fourth-order valence-electron chi connectivity index (χ4n) is 2.73. The molecule has 0 spiro atoms. The molecule has 1 aromatic heterocycles. The highest BCUT2D eigenvalue weighted by atomic mass is 16.5. The first-order valence-electron chi connectivity index (χ1n) is 6.92. The van der Waals surface area contributed by atoms with Crippen molar-refractivity contribution in [2.75, 3.05) is 31.7 Å². The third-order valence-electron chi connectivity index (χ3n) is 3.87. The Morgan fingerprint density at radius 1 is 1.05 bits per heavy atom. The summed E-state index contributed by atoms with van der Waals surface area (Å²) in [7, 11) is 2.05. The van der Waals surface area contributed by atoms with Crippen LogP contribution in [0.1, 0.15) is 5.56 Å². The molecule has 3 heterocycles. The summed E-state index contributed by atoms with van der Waals surface area (Å²) in [5.74, 6) is 2.80. The van der Waals surface area contributed by atoms with Gasteiger partial charge in [0, 0.05) is 19.0 Å². The number of benzene rings is 1. The molecule has 0 radical (unpaired) electrons. The highest BCUT2D eigenvalue weighted by Crippen LogP contribution is 2.34. The molecular formula is C16H16N2O2. The molecule has 4 heteroatoms. The van der Waals surface area contributed by atoms with E-state index in [2.05, 4.69) is 24.1 Å². The Morgan fingerprint density at radius 3 is 2.85 bits per heavy atom. The van der Waals surface area contributed by atoms with Gasteiger partial charge >= 0.3 is 0 Å². The van der Waals surface area contributed by atoms with E-state index >= 15 is 0 Å². The van der Waals surface area contributed by atoms with Crippen molar-refractivity contribution in [2.45, 2.75) is 6.42 Å². The maximum absolute atomic E-state index is 5.63. The zero-order valence-corrected chi connectivity index (χ0v) is 11.4. The molecule has 0 N–H and O–H groups in total. The summed E-state index contributed by atoms with van der Waals surface area (Å²) in [5, 5.41) is 0. The molecule has 4 nitrogen and oxygen atoms in total. The summed E-state index contributed by atoms with van der Waals surface area (Å²) in [5.41, 5.74) is 3.39. The van der Waals surface area contributed by atoms with Crippen LogP contribution < -0.4 is 14.4 Å². The van der Waals surface area contributed by atoms with Gasteiger partial charge in [0.1, 0.15) is 12.4 Å². The molecule has 102 valence electrons. The molecule has 0 saturated carbocycles. The van der Waals surface area contributed by atoms with Gasteiger partial charge in [-0.2, -0.15) is 0 Å². The van der Waals surface area contributed by atoms with E-state index in [1.54, 1.807) is 0 Å². The molecule has 2 aliphatic heterocycles. The standard InChI is InChI=1S/C16H16N2O2/c1-18-7-9-20-15-5-3-13(17-16(15)18)11-2-4-14-12(10-11)6-8-19-14/h2-5,10H,6-9H2,1H3. The molecule has 0 saturated heterocycles. The minimum absolute atomic E-state index is 0.723. The number of likely N-dealkylation sites (N-methyl/N-ethyl adjacent to an activating group) is 1. The summed E-state index contributed by atoms with van der Waals surface area (Å²) in [6.07, 6.45) is 0.983. The van der Waals surface area contributed by atoms with Gasteiger partial charge in [-0.15, -0.1) is 0 Å². The molecule has 0 amide bonds. The average Bonchev–Trinajstić information content (AvgIpc) is 2.95. The largest absolute Gasteiger partial charge is 0.493 e. The second kappa shape index (κ2) is 4.40. The monoisotopic (exact) mass is 268 g/mol. The molecule has 2 aliphatic rings. The zero-order chi connectivity index (χ0) is 13.5. The number of nitrogens with zero attached hydrogens (tertiary/aromatic N) is 2. The highest BCUT2D eigenvalue weighted by Gasteiger charge is 2.18. The van der Waals surface area contributed by atoms with Crippen molar-refractivity contribution < 1.29 is 9.47 Å². The lowest BCUT2D eigenvalue weighted by molar-refractivity contribution is 0.309. The number of hydrogen-bond donors (Lipinski definition) is 0. The van der Waals surface area contributed by atoms with Gasteiger partial charge in [-0.3, -0.25) is 0 Å². The fourth-order valence-corrected chi connectivity index (χ4v) is 2.73. The quantitative estimate of drug-likeness (QED) is 0.796. The minimum atomic E-state index is 0.723. The Balaban J connectivity index is 1.77. The number of rotatable bonds is 1. The Bertz CT molecular complexity index is 670. The zero-order valence-electron chi connectivity index (χ0n) is 11.4. The van der Waals surface area contributed by atoms with E-state index in [1.807, 2.05) is 18.2 Å². The summed E-state index contributed by atoms with van der Waals surface area (Å²) in [6.45, 7) is 2.38. The number of ether oxygens (including phenoxy) is 2. The van der Waals surface area contributed by atoms with E-state index in [-0.39, 0.29) is 0 Å². The second-order valence-corrected chi connectivity index (χ2v) is 5.21. The van der Waals surface area contributed by atoms with Crippen LogP contribution in [0.2, 0.25) is 0 Å². The van der Waals surface area contributed by atoms with E-state index in [4.69, 9.17) is 14.5 Å². The SMILES string of the molecule is CN1CCOc2ccc(-c3ccc4c(c3)CCO4)nc21. The normalized spacial score (nSPS) is 16.1. The molecule has 0 aliphatic carbocycles. The van der Waals surface area contributed by atoms with Crippen LogP contribution >= 0.6 is 0 Å². The lowest BCUT2D eigenvalue weighted by atomic mass is 10.1. The molecular weight excluding hydrogens is 252 g/mol. The van der Waals surface area contributed by atoms with Gasteiger partial charge in [-0.25, -0.2) is 4.98 Å². The fraction of sp³-hybridized carbons (Fsp3) is 0.312. The first kappa shape index (κ1) is 11.6. The molecule has 0 bridgehead atoms. The summed E-state index contributed by atoms with van der Waals surface area (Å²) in [6, 6.07) is 10.3. The van der Waals surface area contributed by atoms with Gasteiger partial charge in [-0.1, -0.05) is 0 Å². The van der Waals surface area contributed by atoms with Gasteiger partial charge < -0.3 is 14.4 Å². The molecule has 4 rings (SSSR count). The van der Waals surface area contributed by atoms with Crippen LogP contribution in [0.4, 0.5) is 5.82 Å². The number of pyridine rings is 1. The van der Waals surface area contributed by atoms with E-state index in [9.17, 15) is 0 Å². The van der Waals surface area contributed by atoms with Gasteiger partial charge in [0.15, 0.2) is 11.6 Å². The van der Waals surface area contributed by atoms with Crippen LogP contribution in [0, 0.1) is 0 Å². The molecule has 0 unspecified atom stereocenters. The first-order chi connectivity index (χ1) is 9.81. The number of hydrogen-bond acceptors (Lipinski definition) is 4. The number of anilines is 1. The Labute approximate surface area is 118 Å². The molecule has 0 atom stereocenters. The minimum Gasteiger partial charge on any atom is -0.493 e. The average molecular weight is 268 g/mol. The van der Waals surface area contributed by atoms with Crippen molar-refractivity contribution in [1.82, 2.24) is 4.98 Å². The Kier molecular flexibility index (Phi) is 2.55. The second-order valence-electron chi connectivity index (χ2n) is 5.21. The van der Waals surface area contributed by atoms with Gasteiger partial charge in [-0.05, 0) is 35.9 Å². The van der Waals surface area contributed by atoms with Crippen molar-refractivity contribution in [3.8, 4) is 22.8 Å². The van der Waals surface area contributed by atoms with Crippen LogP contribution in [0.25, 0.3) is 11.3 Å². The molecule has 20 heavy (non-hydrogen) atoms. The van der Waals surface area contributed by atoms with Crippen LogP contribution in [-0.2, 0) is 6.42 Å². The lowest BCUT2D eigenvalue weighted by Crippen LogP contribution is -2.29. The number of aromatic nitrogens is 1. The maximum Gasteiger partial charge on any atom is 0.171 e. The van der Waals surface area contributed by atoms with Gasteiger partial charge in [0.2, 0.25) is 0 Å². The summed E-state index contributed by atoms with van der Waals surface area (Å²) < 4.78 is 11.2. The Hall–Kier alpha value is -2.23. The number of fused-ring (bicyclic) bond motifs is 2. The third-order valence-corrected chi connectivity index (χ3v) is 3.87. The molecule has 1 aromatic carbocycles. The van der Waals surface area contributed by atoms with E-state index in [0.717, 1.165) is 54.8 Å². The van der Waals surface area contributed by atoms with Crippen molar-refractivity contribution >= 4 is 5.82 Å². The highest BCUT2D eigenvalue weighted by molar-refractivity contribution is 5.67. The van der Waals surface area contributed by atoms with Gasteiger partial charge in [0.25, 0.3) is 0 Å². The van der Waals surface area contributed by atoms with Crippen molar-refractivity contribution in [1.29, 1.82) is 0 Å². The van der Waals surface area contributed by atoms with Crippen molar-refractivity contribution in [3.05, 3.63) is 35.9 Å². The summed E-state index contributed by atoms with van der Waals surface area (Å²) >= 11 is 0. The topological polar surface area (TPSA) is 34.6 Å². The van der Waals surface area contributed by atoms with E-state index < -0.39 is 0 Å². The van der Waals surface area contributed by atoms with E-state index in [0.29, 0.717) is 0 Å². The van der Waals surface area contributed by atoms with Crippen molar-refractivity contribution in [2.24, 2.45) is 0 Å². The van der Waals surface area contributed by atoms with Gasteiger partial charge in [0.05, 0.1) is 18.8 Å². The molecule has 2 aromatic rings. The van der Waals surface area contributed by atoms with Crippen LogP contribution in [0.15, 0.2) is 30.3 Å². The predicted octanol–water partition coefficient (Wildman–Crippen LogP) is 2.51. The van der Waals surface area contributed by atoms with Crippen LogP contribution in [0.5, 0.6) is 11.5 Å². The predicted molar refractivity (Wildman–Crippen MR) is 77.6 cm³/mol. The van der Waals surface area contributed by atoms with Crippen LogP contribution in [0.3, 0.4) is 0 Å². The van der Waals surface area contributed by atoms with Crippen molar-refractivity contribution in [3.63, 3.8) is 0 Å². The van der Waals surface area contributed by atoms with Crippen LogP contribution in [-0.4, -0.2) is 31.8 Å². The first-order valence-corrected chi connectivity index (χ1v) is 6.92. The lowest BCUT2D eigenvalue weighted by Gasteiger charge is -2.26. The maximum atomic E-state index is 5.63. The van der Waals surface area contributed by atoms with E-state index in [1.165, 1.54) is 5.56 Å². The Morgan fingerprint density at radius 2 is 1.90 bits per heavy atom. The molecule has 0 fully saturated rings.